The van der Waals surface area contributed by atoms with Gasteiger partial charge in [0.1, 0.15) is 0 Å². The molecule has 0 aromatic carbocycles. The molecule has 6 heteroatoms. The fraction of sp³-hybridized carbons (Fsp3) is 1.00. The molecule has 0 amide bonds. The van der Waals surface area contributed by atoms with E-state index >= 15 is 0 Å². The summed E-state index contributed by atoms with van der Waals surface area (Å²) in [5, 5.41) is 0. The van der Waals surface area contributed by atoms with Gasteiger partial charge in [-0.3, -0.25) is 0 Å². The zero-order chi connectivity index (χ0) is 34.3. The van der Waals surface area contributed by atoms with Crippen LogP contribution in [-0.2, 0) is 0 Å². The van der Waals surface area contributed by atoms with Crippen LogP contribution in [0.3, 0.4) is 0 Å². The predicted molar refractivity (Wildman–Crippen MR) is 216 cm³/mol. The molecule has 0 fully saturated rings. The Morgan fingerprint density at radius 1 is 0.238 bits per heavy atom. The van der Waals surface area contributed by atoms with E-state index in [1.54, 1.807) is 0 Å². The van der Waals surface area contributed by atoms with Crippen molar-refractivity contribution >= 4 is 50.0 Å². The smallest absolute Gasteiger partial charge is 0.0280 e. The van der Waals surface area contributed by atoms with Gasteiger partial charge in [0, 0.05) is 36.1 Å². The lowest BCUT2D eigenvalue weighted by Crippen LogP contribution is -2.53. The average Bonchev–Trinajstić information content (AvgIpc) is 2.60. The molecule has 0 saturated heterocycles. The summed E-state index contributed by atoms with van der Waals surface area (Å²) in [4.78, 5) is 0. The monoisotopic (exact) mass is 685 g/mol. The van der Waals surface area contributed by atoms with E-state index in [4.69, 9.17) is 0 Å². The minimum atomic E-state index is -0.235. The van der Waals surface area contributed by atoms with Crippen LogP contribution in [0.5, 0.6) is 0 Å². The third-order valence-corrected chi connectivity index (χ3v) is 92.6. The molecule has 0 aliphatic heterocycles. The maximum atomic E-state index is 2.61. The van der Waals surface area contributed by atoms with Gasteiger partial charge in [0.05, 0.1) is 0 Å². The normalized spacial score (nSPS) is 16.6. The highest BCUT2D eigenvalue weighted by molar-refractivity contribution is 7.66. The highest BCUT2D eigenvalue weighted by atomic mass is 29.9. The number of hydrogen-bond donors (Lipinski definition) is 0. The summed E-state index contributed by atoms with van der Waals surface area (Å²) in [6, 6.07) is 0. The Kier molecular flexibility index (Phi) is 14.6. The Labute approximate surface area is 280 Å². The van der Waals surface area contributed by atoms with Crippen LogP contribution >= 0.6 is 0 Å². The van der Waals surface area contributed by atoms with Crippen molar-refractivity contribution in [2.75, 3.05) is 0 Å². The predicted octanol–water partition coefficient (Wildman–Crippen LogP) is 9.24. The Morgan fingerprint density at radius 3 is 0.405 bits per heavy atom. The second-order valence-corrected chi connectivity index (χ2v) is 64.3. The molecule has 252 valence electrons. The number of hydrogen-bond acceptors (Lipinski definition) is 0. The van der Waals surface area contributed by atoms with Gasteiger partial charge in [0.15, 0.2) is 0 Å². The van der Waals surface area contributed by atoms with Gasteiger partial charge >= 0.3 is 0 Å². The van der Waals surface area contributed by atoms with Gasteiger partial charge in [-0.15, -0.1) is 0 Å². The Morgan fingerprint density at radius 2 is 0.333 bits per heavy atom. The number of rotatable bonds is 8. The van der Waals surface area contributed by atoms with Crippen molar-refractivity contribution in [1.29, 1.82) is 0 Å². The third kappa shape index (κ3) is 14.0. The largest absolute Gasteiger partial charge is 0.0602 e. The van der Waals surface area contributed by atoms with E-state index in [1.807, 2.05) is 0 Å². The average molecular weight is 686 g/mol. The molecule has 0 saturated carbocycles. The van der Waals surface area contributed by atoms with Crippen molar-refractivity contribution < 1.29 is 0 Å². The first kappa shape index (κ1) is 43.3. The Balaban J connectivity index is 7.96. The van der Waals surface area contributed by atoms with Crippen LogP contribution < -0.4 is 0 Å². The first-order valence-electron chi connectivity index (χ1n) is 17.6. The molecule has 0 unspecified atom stereocenters. The molecule has 0 radical (unpaired) electrons. The van der Waals surface area contributed by atoms with E-state index in [-0.39, 0.29) is 50.0 Å². The van der Waals surface area contributed by atoms with Crippen molar-refractivity contribution in [3.05, 3.63) is 0 Å². The van der Waals surface area contributed by atoms with Crippen molar-refractivity contribution in [1.82, 2.24) is 0 Å². The quantitative estimate of drug-likeness (QED) is 0.224. The molecule has 0 atom stereocenters. The summed E-state index contributed by atoms with van der Waals surface area (Å²) in [6.07, 6.45) is 0. The SMILES string of the molecule is CC(C)(C)C([SiH2][Si]([SiH2]C(C(C)(C)C)C(C)(C)C)=[Si]([SiH2]C(C(C)(C)C)C(C)(C)C)[SiH2]C(C(C)(C)C)C(C)(C)C)C(C)(C)C. The highest BCUT2D eigenvalue weighted by Gasteiger charge is 2.44. The second kappa shape index (κ2) is 14.2. The topological polar surface area (TPSA) is 0 Å². The van der Waals surface area contributed by atoms with Crippen LogP contribution in [0.2, 0.25) is 22.2 Å². The maximum absolute atomic E-state index is 2.61. The standard InChI is InChI=1S/C36H84Si6/c1-29(2,3)25(30(4,5)6)37-41(38-26(31(7,8)9)32(10,11)12)42(39-27(33(13,14)15)34(16,17)18)40-28(35(19,20)21)36(22,23)24/h25-28H,37-40H2,1-24H3. The van der Waals surface area contributed by atoms with Gasteiger partial charge in [0.25, 0.3) is 0 Å². The van der Waals surface area contributed by atoms with E-state index < -0.39 is 0 Å². The molecule has 0 N–H and O–H groups in total. The Bertz CT molecular complexity index is 673. The summed E-state index contributed by atoms with van der Waals surface area (Å²) in [5.41, 5.74) is 7.32. The molecule has 0 spiro atoms. The van der Waals surface area contributed by atoms with Crippen molar-refractivity contribution in [2.45, 2.75) is 188 Å². The van der Waals surface area contributed by atoms with Gasteiger partial charge in [-0.05, 0) is 79.3 Å². The maximum Gasteiger partial charge on any atom is 0.0280 e. The van der Waals surface area contributed by atoms with Crippen LogP contribution in [0, 0.1) is 43.3 Å². The van der Waals surface area contributed by atoms with Crippen LogP contribution in [0.1, 0.15) is 166 Å². The van der Waals surface area contributed by atoms with E-state index in [1.165, 1.54) is 0 Å². The lowest BCUT2D eigenvalue weighted by Gasteiger charge is -2.47. The summed E-state index contributed by atoms with van der Waals surface area (Å²) in [7, 11) is -0.632. The molecule has 0 aliphatic carbocycles. The summed E-state index contributed by atoms with van der Waals surface area (Å²) in [6.45, 7) is 62.3. The van der Waals surface area contributed by atoms with Crippen LogP contribution in [0.15, 0.2) is 0 Å². The van der Waals surface area contributed by atoms with Crippen LogP contribution in [-0.4, -0.2) is 50.0 Å². The molecule has 0 aromatic rings. The van der Waals surface area contributed by atoms with Gasteiger partial charge in [-0.2, -0.15) is 0 Å². The van der Waals surface area contributed by atoms with Gasteiger partial charge in [-0.1, -0.05) is 166 Å². The summed E-state index contributed by atoms with van der Waals surface area (Å²) < 4.78 is 0. The Hall–Kier alpha value is 1.30. The summed E-state index contributed by atoms with van der Waals surface area (Å²) >= 11 is 0. The lowest BCUT2D eigenvalue weighted by atomic mass is 9.77. The molecule has 0 nitrogen and oxygen atoms in total. The third-order valence-electron chi connectivity index (χ3n) is 10.7. The van der Waals surface area contributed by atoms with Gasteiger partial charge < -0.3 is 0 Å². The molecular formula is C36H84Si6. The molecule has 0 aliphatic rings. The zero-order valence-electron chi connectivity index (χ0n) is 34.1. The van der Waals surface area contributed by atoms with Crippen molar-refractivity contribution in [3.8, 4) is 0 Å². The van der Waals surface area contributed by atoms with Crippen LogP contribution in [0.4, 0.5) is 0 Å². The van der Waals surface area contributed by atoms with Gasteiger partial charge in [-0.25, -0.2) is 0 Å². The zero-order valence-corrected chi connectivity index (χ0v) is 41.8. The molecule has 42 heavy (non-hydrogen) atoms. The summed E-state index contributed by atoms with van der Waals surface area (Å²) in [5.74, 6) is 0. The molecule has 0 rings (SSSR count). The van der Waals surface area contributed by atoms with Crippen LogP contribution in [0.25, 0.3) is 0 Å². The molecule has 0 aromatic heterocycles. The first-order chi connectivity index (χ1) is 17.9. The highest BCUT2D eigenvalue weighted by Crippen LogP contribution is 2.49. The fourth-order valence-corrected chi connectivity index (χ4v) is 105. The lowest BCUT2D eigenvalue weighted by molar-refractivity contribution is 0.232. The minimum absolute atomic E-state index is 0.158. The second-order valence-electron chi connectivity index (χ2n) is 23.2. The van der Waals surface area contributed by atoms with E-state index in [9.17, 15) is 0 Å². The molecule has 0 heterocycles. The van der Waals surface area contributed by atoms with E-state index in [0.29, 0.717) is 43.3 Å². The van der Waals surface area contributed by atoms with E-state index in [2.05, 4.69) is 166 Å². The van der Waals surface area contributed by atoms with Crippen molar-refractivity contribution in [3.63, 3.8) is 0 Å². The van der Waals surface area contributed by atoms with Gasteiger partial charge in [0.2, 0.25) is 0 Å². The van der Waals surface area contributed by atoms with Crippen molar-refractivity contribution in [2.24, 2.45) is 43.3 Å². The molecule has 0 bridgehead atoms. The molecular weight excluding hydrogens is 601 g/mol. The fourth-order valence-electron chi connectivity index (χ4n) is 9.38. The minimum Gasteiger partial charge on any atom is -0.0602 e. The van der Waals surface area contributed by atoms with E-state index in [0.717, 1.165) is 22.2 Å². The first-order valence-corrected chi connectivity index (χ1v) is 34.2.